The molecule has 0 aliphatic heterocycles. The Kier molecular flexibility index (Phi) is 2.53. The van der Waals surface area contributed by atoms with Crippen LogP contribution >= 0.6 is 0 Å². The van der Waals surface area contributed by atoms with Crippen LogP contribution in [-0.2, 0) is 4.74 Å². The standard InChI is InChI=1S/C10H10N2O3/c1-2-14-10(13)15-9-7-8-5-3-4-6-12(8)11-9/h3-7H,2H2,1H3. The maximum absolute atomic E-state index is 11.0. The first kappa shape index (κ1) is 9.51. The highest BCUT2D eigenvalue weighted by Gasteiger charge is 2.08. The van der Waals surface area contributed by atoms with E-state index >= 15 is 0 Å². The van der Waals surface area contributed by atoms with Crippen LogP contribution in [0.25, 0.3) is 5.52 Å². The van der Waals surface area contributed by atoms with E-state index in [1.807, 2.05) is 18.2 Å². The van der Waals surface area contributed by atoms with E-state index in [-0.39, 0.29) is 12.5 Å². The maximum Gasteiger partial charge on any atom is 0.515 e. The van der Waals surface area contributed by atoms with Gasteiger partial charge in [0.2, 0.25) is 5.88 Å². The van der Waals surface area contributed by atoms with E-state index in [9.17, 15) is 4.79 Å². The summed E-state index contributed by atoms with van der Waals surface area (Å²) < 4.78 is 11.1. The van der Waals surface area contributed by atoms with Gasteiger partial charge in [0.25, 0.3) is 0 Å². The second-order valence-electron chi connectivity index (χ2n) is 2.84. The van der Waals surface area contributed by atoms with Gasteiger partial charge in [-0.3, -0.25) is 0 Å². The Bertz CT molecular complexity index is 445. The summed E-state index contributed by atoms with van der Waals surface area (Å²) in [6, 6.07) is 7.25. The molecular formula is C10H10N2O3. The largest absolute Gasteiger partial charge is 0.515 e. The first-order chi connectivity index (χ1) is 7.29. The van der Waals surface area contributed by atoms with Crippen LogP contribution in [0.4, 0.5) is 4.79 Å². The lowest BCUT2D eigenvalue weighted by atomic mass is 10.4. The number of pyridine rings is 1. The van der Waals surface area contributed by atoms with Crippen molar-refractivity contribution in [3.05, 3.63) is 30.5 Å². The molecule has 0 fully saturated rings. The normalized spacial score (nSPS) is 10.2. The fourth-order valence-corrected chi connectivity index (χ4v) is 1.20. The van der Waals surface area contributed by atoms with Gasteiger partial charge in [-0.15, -0.1) is 5.10 Å². The molecular weight excluding hydrogens is 196 g/mol. The summed E-state index contributed by atoms with van der Waals surface area (Å²) in [7, 11) is 0. The van der Waals surface area contributed by atoms with Crippen molar-refractivity contribution >= 4 is 11.7 Å². The van der Waals surface area contributed by atoms with E-state index in [1.54, 1.807) is 23.7 Å². The summed E-state index contributed by atoms with van der Waals surface area (Å²) in [6.45, 7) is 2.00. The molecule has 2 rings (SSSR count). The van der Waals surface area contributed by atoms with Gasteiger partial charge in [-0.25, -0.2) is 9.31 Å². The lowest BCUT2D eigenvalue weighted by molar-refractivity contribution is 0.102. The van der Waals surface area contributed by atoms with Gasteiger partial charge < -0.3 is 9.47 Å². The fourth-order valence-electron chi connectivity index (χ4n) is 1.20. The number of rotatable bonds is 2. The molecule has 0 spiro atoms. The van der Waals surface area contributed by atoms with Gasteiger partial charge in [0, 0.05) is 12.3 Å². The van der Waals surface area contributed by atoms with Crippen molar-refractivity contribution in [1.29, 1.82) is 0 Å². The number of nitrogens with zero attached hydrogens (tertiary/aromatic N) is 2. The van der Waals surface area contributed by atoms with Crippen LogP contribution in [0.1, 0.15) is 6.92 Å². The molecule has 0 aliphatic rings. The molecule has 0 amide bonds. The summed E-state index contributed by atoms with van der Waals surface area (Å²) in [5, 5.41) is 4.03. The molecule has 0 aromatic carbocycles. The minimum Gasteiger partial charge on any atom is -0.434 e. The summed E-state index contributed by atoms with van der Waals surface area (Å²) in [4.78, 5) is 11.0. The molecule has 0 atom stereocenters. The molecule has 0 aliphatic carbocycles. The van der Waals surface area contributed by atoms with E-state index in [1.165, 1.54) is 0 Å². The molecule has 0 radical (unpaired) electrons. The average Bonchev–Trinajstić information content (AvgIpc) is 2.59. The summed E-state index contributed by atoms with van der Waals surface area (Å²) >= 11 is 0. The van der Waals surface area contributed by atoms with Crippen LogP contribution in [0.3, 0.4) is 0 Å². The second-order valence-corrected chi connectivity index (χ2v) is 2.84. The Balaban J connectivity index is 2.18. The van der Waals surface area contributed by atoms with Crippen LogP contribution < -0.4 is 4.74 Å². The smallest absolute Gasteiger partial charge is 0.434 e. The zero-order valence-electron chi connectivity index (χ0n) is 8.21. The highest BCUT2D eigenvalue weighted by molar-refractivity contribution is 5.64. The number of carbonyl (C=O) groups is 1. The van der Waals surface area contributed by atoms with Gasteiger partial charge >= 0.3 is 6.16 Å². The lowest BCUT2D eigenvalue weighted by Gasteiger charge is -1.98. The number of carbonyl (C=O) groups excluding carboxylic acids is 1. The summed E-state index contributed by atoms with van der Waals surface area (Å²) in [5.74, 6) is 0.236. The molecule has 2 heterocycles. The monoisotopic (exact) mass is 206 g/mol. The second kappa shape index (κ2) is 4.00. The molecule has 2 aromatic rings. The Labute approximate surface area is 86.2 Å². The predicted molar refractivity (Wildman–Crippen MR) is 52.8 cm³/mol. The Morgan fingerprint density at radius 1 is 1.53 bits per heavy atom. The summed E-state index contributed by atoms with van der Waals surface area (Å²) in [6.07, 6.45) is 1.04. The summed E-state index contributed by atoms with van der Waals surface area (Å²) in [5.41, 5.74) is 0.858. The highest BCUT2D eigenvalue weighted by Crippen LogP contribution is 2.12. The van der Waals surface area contributed by atoms with Crippen molar-refractivity contribution in [2.75, 3.05) is 6.61 Å². The van der Waals surface area contributed by atoms with E-state index in [0.29, 0.717) is 0 Å². The van der Waals surface area contributed by atoms with Crippen LogP contribution in [0.2, 0.25) is 0 Å². The number of hydrogen-bond donors (Lipinski definition) is 0. The Morgan fingerprint density at radius 3 is 3.13 bits per heavy atom. The molecule has 0 bridgehead atoms. The van der Waals surface area contributed by atoms with Gasteiger partial charge in [0.1, 0.15) is 0 Å². The number of fused-ring (bicyclic) bond motifs is 1. The third-order valence-electron chi connectivity index (χ3n) is 1.80. The van der Waals surface area contributed by atoms with Crippen LogP contribution in [-0.4, -0.2) is 22.4 Å². The van der Waals surface area contributed by atoms with Crippen molar-refractivity contribution in [2.24, 2.45) is 0 Å². The Hall–Kier alpha value is -2.04. The van der Waals surface area contributed by atoms with E-state index in [0.717, 1.165) is 5.52 Å². The SMILES string of the molecule is CCOC(=O)Oc1cc2ccccn2n1. The quantitative estimate of drug-likeness (QED) is 0.704. The van der Waals surface area contributed by atoms with Crippen molar-refractivity contribution in [3.8, 4) is 5.88 Å². The molecule has 78 valence electrons. The predicted octanol–water partition coefficient (Wildman–Crippen LogP) is 1.87. The first-order valence-corrected chi connectivity index (χ1v) is 4.58. The molecule has 15 heavy (non-hydrogen) atoms. The average molecular weight is 206 g/mol. The fraction of sp³-hybridized carbons (Fsp3) is 0.200. The molecule has 5 nitrogen and oxygen atoms in total. The highest BCUT2D eigenvalue weighted by atomic mass is 16.7. The lowest BCUT2D eigenvalue weighted by Crippen LogP contribution is -2.10. The first-order valence-electron chi connectivity index (χ1n) is 4.58. The minimum absolute atomic E-state index is 0.236. The molecule has 0 unspecified atom stereocenters. The van der Waals surface area contributed by atoms with Crippen molar-refractivity contribution in [2.45, 2.75) is 6.92 Å². The van der Waals surface area contributed by atoms with E-state index < -0.39 is 6.16 Å². The van der Waals surface area contributed by atoms with Crippen LogP contribution in [0.15, 0.2) is 30.5 Å². The van der Waals surface area contributed by atoms with Crippen LogP contribution in [0, 0.1) is 0 Å². The van der Waals surface area contributed by atoms with Gasteiger partial charge in [0.15, 0.2) is 0 Å². The molecule has 2 aromatic heterocycles. The zero-order valence-corrected chi connectivity index (χ0v) is 8.21. The van der Waals surface area contributed by atoms with E-state index in [2.05, 4.69) is 9.84 Å². The van der Waals surface area contributed by atoms with Crippen molar-refractivity contribution in [1.82, 2.24) is 9.61 Å². The third kappa shape index (κ3) is 2.07. The van der Waals surface area contributed by atoms with Crippen molar-refractivity contribution < 1.29 is 14.3 Å². The van der Waals surface area contributed by atoms with Gasteiger partial charge in [-0.2, -0.15) is 0 Å². The van der Waals surface area contributed by atoms with Gasteiger partial charge in [-0.1, -0.05) is 6.07 Å². The third-order valence-corrected chi connectivity index (χ3v) is 1.80. The van der Waals surface area contributed by atoms with Gasteiger partial charge in [0.05, 0.1) is 12.1 Å². The zero-order chi connectivity index (χ0) is 10.7. The molecule has 0 N–H and O–H groups in total. The minimum atomic E-state index is -0.735. The molecule has 0 saturated heterocycles. The molecule has 0 saturated carbocycles. The van der Waals surface area contributed by atoms with Gasteiger partial charge in [-0.05, 0) is 19.1 Å². The number of aromatic nitrogens is 2. The Morgan fingerprint density at radius 2 is 2.40 bits per heavy atom. The maximum atomic E-state index is 11.0. The number of hydrogen-bond acceptors (Lipinski definition) is 4. The van der Waals surface area contributed by atoms with Crippen LogP contribution in [0.5, 0.6) is 5.88 Å². The topological polar surface area (TPSA) is 52.8 Å². The van der Waals surface area contributed by atoms with Crippen molar-refractivity contribution in [3.63, 3.8) is 0 Å². The van der Waals surface area contributed by atoms with E-state index in [4.69, 9.17) is 4.74 Å². The number of ether oxygens (including phenoxy) is 2. The molecule has 5 heteroatoms.